The van der Waals surface area contributed by atoms with Gasteiger partial charge in [-0.05, 0) is 6.92 Å². The van der Waals surface area contributed by atoms with E-state index in [0.717, 1.165) is 27.8 Å². The molecule has 0 bridgehead atoms. The minimum Gasteiger partial charge on any atom is -0.485 e. The molecule has 78 valence electrons. The van der Waals surface area contributed by atoms with Gasteiger partial charge in [0.25, 0.3) is 0 Å². The van der Waals surface area contributed by atoms with E-state index < -0.39 is 0 Å². The Morgan fingerprint density at radius 2 is 2.20 bits per heavy atom. The van der Waals surface area contributed by atoms with Gasteiger partial charge >= 0.3 is 0 Å². The third-order valence-electron chi connectivity index (χ3n) is 2.26. The van der Waals surface area contributed by atoms with Gasteiger partial charge in [-0.1, -0.05) is 0 Å². The number of thiophene rings is 1. The summed E-state index contributed by atoms with van der Waals surface area (Å²) in [7, 11) is 0. The zero-order chi connectivity index (χ0) is 10.3. The van der Waals surface area contributed by atoms with Crippen molar-refractivity contribution in [3.05, 3.63) is 17.5 Å². The quantitative estimate of drug-likeness (QED) is 0.745. The summed E-state index contributed by atoms with van der Waals surface area (Å²) in [5, 5.41) is 1.94. The van der Waals surface area contributed by atoms with Crippen LogP contribution in [0.25, 0.3) is 10.6 Å². The Balaban J connectivity index is 2.13. The zero-order valence-corrected chi connectivity index (χ0v) is 8.97. The number of aryl methyl sites for hydroxylation is 1. The van der Waals surface area contributed by atoms with Gasteiger partial charge in [0.15, 0.2) is 17.9 Å². The second kappa shape index (κ2) is 3.27. The predicted octanol–water partition coefficient (Wildman–Crippen LogP) is 2.48. The molecule has 0 fully saturated rings. The van der Waals surface area contributed by atoms with Crippen LogP contribution in [0.3, 0.4) is 0 Å². The summed E-state index contributed by atoms with van der Waals surface area (Å²) in [6.45, 7) is 3.09. The molecule has 0 saturated heterocycles. The highest BCUT2D eigenvalue weighted by atomic mass is 32.1. The van der Waals surface area contributed by atoms with Crippen molar-refractivity contribution in [3.8, 4) is 22.1 Å². The van der Waals surface area contributed by atoms with Gasteiger partial charge in [0.05, 0.1) is 0 Å². The minimum atomic E-state index is 0.591. The molecular formula is C10H9NO3S. The standard InChI is InChI=1S/C10H9NO3S/c1-6-8(11-5-14-6)10-9-7(4-15-10)12-2-3-13-9/h4-5H,2-3H2,1H3. The Bertz CT molecular complexity index is 489. The molecule has 2 aromatic heterocycles. The predicted molar refractivity (Wildman–Crippen MR) is 55.5 cm³/mol. The van der Waals surface area contributed by atoms with E-state index in [4.69, 9.17) is 13.9 Å². The highest BCUT2D eigenvalue weighted by Crippen LogP contribution is 2.45. The molecule has 0 aliphatic carbocycles. The largest absolute Gasteiger partial charge is 0.485 e. The molecule has 3 rings (SSSR count). The first-order valence-electron chi connectivity index (χ1n) is 4.64. The number of fused-ring (bicyclic) bond motifs is 1. The molecule has 2 aromatic rings. The van der Waals surface area contributed by atoms with E-state index in [1.165, 1.54) is 6.39 Å². The van der Waals surface area contributed by atoms with Gasteiger partial charge in [-0.25, -0.2) is 4.98 Å². The maximum absolute atomic E-state index is 5.58. The van der Waals surface area contributed by atoms with Crippen molar-refractivity contribution >= 4 is 11.3 Å². The number of aromatic nitrogens is 1. The summed E-state index contributed by atoms with van der Waals surface area (Å²) >= 11 is 1.56. The van der Waals surface area contributed by atoms with E-state index in [9.17, 15) is 0 Å². The highest BCUT2D eigenvalue weighted by molar-refractivity contribution is 7.14. The molecule has 4 nitrogen and oxygen atoms in total. The van der Waals surface area contributed by atoms with Crippen LogP contribution in [0, 0.1) is 6.92 Å². The monoisotopic (exact) mass is 223 g/mol. The summed E-state index contributed by atoms with van der Waals surface area (Å²) < 4.78 is 16.2. The molecular weight excluding hydrogens is 214 g/mol. The normalized spacial score (nSPS) is 14.2. The van der Waals surface area contributed by atoms with Crippen LogP contribution < -0.4 is 9.47 Å². The number of hydrogen-bond donors (Lipinski definition) is 0. The molecule has 0 atom stereocenters. The van der Waals surface area contributed by atoms with Crippen LogP contribution in [0.15, 0.2) is 16.2 Å². The van der Waals surface area contributed by atoms with Crippen LogP contribution in [0.1, 0.15) is 5.76 Å². The lowest BCUT2D eigenvalue weighted by atomic mass is 10.3. The van der Waals surface area contributed by atoms with Crippen LogP contribution in [-0.4, -0.2) is 18.2 Å². The summed E-state index contributed by atoms with van der Waals surface area (Å²) in [4.78, 5) is 5.16. The van der Waals surface area contributed by atoms with Crippen molar-refractivity contribution in [1.29, 1.82) is 0 Å². The second-order valence-electron chi connectivity index (χ2n) is 3.21. The summed E-state index contributed by atoms with van der Waals surface area (Å²) in [6.07, 6.45) is 1.44. The van der Waals surface area contributed by atoms with Crippen molar-refractivity contribution in [2.45, 2.75) is 6.92 Å². The molecule has 1 aliphatic heterocycles. The Morgan fingerprint density at radius 3 is 3.00 bits per heavy atom. The van der Waals surface area contributed by atoms with Gasteiger partial charge < -0.3 is 13.9 Å². The fourth-order valence-electron chi connectivity index (χ4n) is 1.55. The lowest BCUT2D eigenvalue weighted by Crippen LogP contribution is -2.14. The van der Waals surface area contributed by atoms with Crippen molar-refractivity contribution in [2.24, 2.45) is 0 Å². The molecule has 1 aliphatic rings. The first-order chi connectivity index (χ1) is 7.36. The van der Waals surface area contributed by atoms with Gasteiger partial charge in [-0.3, -0.25) is 0 Å². The van der Waals surface area contributed by atoms with Crippen LogP contribution in [0.4, 0.5) is 0 Å². The highest BCUT2D eigenvalue weighted by Gasteiger charge is 2.22. The SMILES string of the molecule is Cc1ocnc1-c1scc2c1OCCO2. The van der Waals surface area contributed by atoms with E-state index in [-0.39, 0.29) is 0 Å². The average Bonchev–Trinajstić information content (AvgIpc) is 2.83. The van der Waals surface area contributed by atoms with Crippen LogP contribution in [0.2, 0.25) is 0 Å². The van der Waals surface area contributed by atoms with Crippen LogP contribution >= 0.6 is 11.3 Å². The molecule has 0 unspecified atom stereocenters. The first-order valence-corrected chi connectivity index (χ1v) is 5.52. The molecule has 0 spiro atoms. The molecule has 0 N–H and O–H groups in total. The first kappa shape index (κ1) is 8.79. The fourth-order valence-corrected chi connectivity index (χ4v) is 2.52. The lowest BCUT2D eigenvalue weighted by Gasteiger charge is -2.15. The molecule has 15 heavy (non-hydrogen) atoms. The van der Waals surface area contributed by atoms with E-state index in [2.05, 4.69) is 4.98 Å². The Kier molecular flexibility index (Phi) is 1.92. The Labute approximate surface area is 90.5 Å². The molecule has 0 saturated carbocycles. The van der Waals surface area contributed by atoms with Crippen molar-refractivity contribution in [3.63, 3.8) is 0 Å². The minimum absolute atomic E-state index is 0.591. The van der Waals surface area contributed by atoms with Crippen LogP contribution in [0.5, 0.6) is 11.5 Å². The summed E-state index contributed by atoms with van der Waals surface area (Å²) in [5.41, 5.74) is 0.840. The molecule has 0 amide bonds. The smallest absolute Gasteiger partial charge is 0.181 e. The third-order valence-corrected chi connectivity index (χ3v) is 3.21. The molecule has 5 heteroatoms. The maximum atomic E-state index is 5.58. The summed E-state index contributed by atoms with van der Waals surface area (Å²) in [5.74, 6) is 2.40. The van der Waals surface area contributed by atoms with E-state index >= 15 is 0 Å². The van der Waals surface area contributed by atoms with Gasteiger partial charge in [-0.2, -0.15) is 0 Å². The van der Waals surface area contributed by atoms with Gasteiger partial charge in [-0.15, -0.1) is 11.3 Å². The fraction of sp³-hybridized carbons (Fsp3) is 0.300. The second-order valence-corrected chi connectivity index (χ2v) is 4.09. The Hall–Kier alpha value is -1.49. The van der Waals surface area contributed by atoms with E-state index in [1.54, 1.807) is 11.3 Å². The topological polar surface area (TPSA) is 44.5 Å². The number of ether oxygens (including phenoxy) is 2. The van der Waals surface area contributed by atoms with Gasteiger partial charge in [0.2, 0.25) is 0 Å². The molecule has 0 aromatic carbocycles. The average molecular weight is 223 g/mol. The Morgan fingerprint density at radius 1 is 1.33 bits per heavy atom. The summed E-state index contributed by atoms with van der Waals surface area (Å²) in [6, 6.07) is 0. The number of nitrogens with zero attached hydrogens (tertiary/aromatic N) is 1. The lowest BCUT2D eigenvalue weighted by molar-refractivity contribution is 0.174. The van der Waals surface area contributed by atoms with Gasteiger partial charge in [0, 0.05) is 5.38 Å². The van der Waals surface area contributed by atoms with Crippen molar-refractivity contribution < 1.29 is 13.9 Å². The van der Waals surface area contributed by atoms with Crippen LogP contribution in [-0.2, 0) is 0 Å². The van der Waals surface area contributed by atoms with Crippen molar-refractivity contribution in [2.75, 3.05) is 13.2 Å². The molecule has 0 radical (unpaired) electrons. The number of oxazole rings is 1. The maximum Gasteiger partial charge on any atom is 0.181 e. The van der Waals surface area contributed by atoms with E-state index in [1.807, 2.05) is 12.3 Å². The number of hydrogen-bond acceptors (Lipinski definition) is 5. The van der Waals surface area contributed by atoms with E-state index in [0.29, 0.717) is 13.2 Å². The zero-order valence-electron chi connectivity index (χ0n) is 8.15. The number of rotatable bonds is 1. The molecule has 3 heterocycles. The van der Waals surface area contributed by atoms with Gasteiger partial charge in [0.1, 0.15) is 29.5 Å². The van der Waals surface area contributed by atoms with Crippen molar-refractivity contribution in [1.82, 2.24) is 4.98 Å². The third kappa shape index (κ3) is 1.31.